The lowest BCUT2D eigenvalue weighted by atomic mass is 10.1. The molecule has 0 aromatic carbocycles. The first-order valence-electron chi connectivity index (χ1n) is 4.00. The van der Waals surface area contributed by atoms with Gasteiger partial charge in [0.25, 0.3) is 0 Å². The highest BCUT2D eigenvalue weighted by Gasteiger charge is 2.13. The smallest absolute Gasteiger partial charge is 0.320 e. The molecule has 4 nitrogen and oxygen atoms in total. The number of carboxylic acid groups (broad SMARTS) is 1. The number of carbonyl (C=O) groups is 1. The second kappa shape index (κ2) is 4.00. The average Bonchev–Trinajstić information content (AvgIpc) is 2.08. The van der Waals surface area contributed by atoms with Crippen molar-refractivity contribution in [3.05, 3.63) is 29.6 Å². The van der Waals surface area contributed by atoms with Crippen LogP contribution in [0, 0.1) is 6.92 Å². The molecule has 0 aliphatic carbocycles. The Bertz CT molecular complexity index is 312. The Balaban J connectivity index is 2.74. The molecule has 0 fully saturated rings. The second-order valence-corrected chi connectivity index (χ2v) is 2.90. The molecule has 0 bridgehead atoms. The van der Waals surface area contributed by atoms with Crippen molar-refractivity contribution in [3.63, 3.8) is 0 Å². The summed E-state index contributed by atoms with van der Waals surface area (Å²) in [5, 5.41) is 8.59. The molecule has 1 atom stereocenters. The highest BCUT2D eigenvalue weighted by Crippen LogP contribution is 2.05. The lowest BCUT2D eigenvalue weighted by Crippen LogP contribution is -2.32. The summed E-state index contributed by atoms with van der Waals surface area (Å²) in [4.78, 5) is 14.5. The van der Waals surface area contributed by atoms with E-state index in [4.69, 9.17) is 10.8 Å². The molecule has 13 heavy (non-hydrogen) atoms. The molecule has 0 spiro atoms. The molecule has 1 heterocycles. The first-order valence-corrected chi connectivity index (χ1v) is 4.00. The minimum absolute atomic E-state index is 0.328. The van der Waals surface area contributed by atoms with E-state index in [9.17, 15) is 4.79 Å². The molecule has 3 N–H and O–H groups in total. The van der Waals surface area contributed by atoms with Crippen molar-refractivity contribution in [3.8, 4) is 0 Å². The van der Waals surface area contributed by atoms with Crippen LogP contribution in [0.5, 0.6) is 0 Å². The molecule has 4 heteroatoms. The minimum Gasteiger partial charge on any atom is -0.480 e. The zero-order valence-corrected chi connectivity index (χ0v) is 7.40. The number of carboxylic acids is 1. The van der Waals surface area contributed by atoms with Crippen LogP contribution in [-0.4, -0.2) is 22.1 Å². The molecule has 0 radical (unpaired) electrons. The van der Waals surface area contributed by atoms with Crippen LogP contribution >= 0.6 is 0 Å². The molecular formula is C9H12N2O2. The standard InChI is InChI=1S/C9H12N2O2/c1-6-7(3-2-4-11-6)5-8(10)9(12)13/h2-4,8H,5,10H2,1H3,(H,12,13)/t8-/m0/s1. The Hall–Kier alpha value is -1.42. The molecule has 70 valence electrons. The van der Waals surface area contributed by atoms with E-state index in [1.165, 1.54) is 0 Å². The van der Waals surface area contributed by atoms with Gasteiger partial charge in [-0.25, -0.2) is 0 Å². The van der Waals surface area contributed by atoms with E-state index in [0.29, 0.717) is 6.42 Å². The fraction of sp³-hybridized carbons (Fsp3) is 0.333. The summed E-state index contributed by atoms with van der Waals surface area (Å²) in [5.74, 6) is -0.983. The Labute approximate surface area is 76.4 Å². The number of nitrogens with two attached hydrogens (primary N) is 1. The van der Waals surface area contributed by atoms with Gasteiger partial charge < -0.3 is 10.8 Å². The van der Waals surface area contributed by atoms with Crippen LogP contribution in [0.4, 0.5) is 0 Å². The summed E-state index contributed by atoms with van der Waals surface area (Å²) >= 11 is 0. The summed E-state index contributed by atoms with van der Waals surface area (Å²) in [7, 11) is 0. The monoisotopic (exact) mass is 180 g/mol. The average molecular weight is 180 g/mol. The Kier molecular flexibility index (Phi) is 2.97. The van der Waals surface area contributed by atoms with Crippen molar-refractivity contribution in [2.75, 3.05) is 0 Å². The first kappa shape index (κ1) is 9.67. The number of aromatic nitrogens is 1. The molecular weight excluding hydrogens is 168 g/mol. The van der Waals surface area contributed by atoms with Crippen molar-refractivity contribution < 1.29 is 9.90 Å². The highest BCUT2D eigenvalue weighted by atomic mass is 16.4. The van der Waals surface area contributed by atoms with Crippen LogP contribution in [0.2, 0.25) is 0 Å². The van der Waals surface area contributed by atoms with Crippen molar-refractivity contribution in [1.29, 1.82) is 0 Å². The maximum absolute atomic E-state index is 10.5. The zero-order valence-electron chi connectivity index (χ0n) is 7.40. The Morgan fingerprint density at radius 1 is 1.77 bits per heavy atom. The molecule has 0 saturated heterocycles. The molecule has 0 saturated carbocycles. The van der Waals surface area contributed by atoms with Crippen LogP contribution in [0.15, 0.2) is 18.3 Å². The van der Waals surface area contributed by atoms with Crippen molar-refractivity contribution in [2.24, 2.45) is 5.73 Å². The van der Waals surface area contributed by atoms with E-state index in [2.05, 4.69) is 4.98 Å². The van der Waals surface area contributed by atoms with E-state index < -0.39 is 12.0 Å². The van der Waals surface area contributed by atoms with Crippen LogP contribution in [0.25, 0.3) is 0 Å². The predicted molar refractivity (Wildman–Crippen MR) is 48.3 cm³/mol. The Morgan fingerprint density at radius 3 is 3.00 bits per heavy atom. The van der Waals surface area contributed by atoms with E-state index in [-0.39, 0.29) is 0 Å². The van der Waals surface area contributed by atoms with Gasteiger partial charge in [0.1, 0.15) is 6.04 Å². The predicted octanol–water partition coefficient (Wildman–Crippen LogP) is 0.344. The normalized spacial score (nSPS) is 12.5. The summed E-state index contributed by atoms with van der Waals surface area (Å²) in [6.45, 7) is 1.84. The molecule has 0 aliphatic rings. The topological polar surface area (TPSA) is 76.2 Å². The number of hydrogen-bond acceptors (Lipinski definition) is 3. The van der Waals surface area contributed by atoms with Gasteiger partial charge >= 0.3 is 5.97 Å². The van der Waals surface area contributed by atoms with Crippen LogP contribution in [-0.2, 0) is 11.2 Å². The lowest BCUT2D eigenvalue weighted by molar-refractivity contribution is -0.138. The maximum atomic E-state index is 10.5. The van der Waals surface area contributed by atoms with Gasteiger partial charge in [-0.15, -0.1) is 0 Å². The van der Waals surface area contributed by atoms with Gasteiger partial charge in [-0.1, -0.05) is 6.07 Å². The van der Waals surface area contributed by atoms with E-state index >= 15 is 0 Å². The largest absolute Gasteiger partial charge is 0.480 e. The van der Waals surface area contributed by atoms with Gasteiger partial charge in [-0.3, -0.25) is 9.78 Å². The number of aryl methyl sites for hydroxylation is 1. The van der Waals surface area contributed by atoms with Crippen molar-refractivity contribution >= 4 is 5.97 Å². The number of hydrogen-bond donors (Lipinski definition) is 2. The van der Waals surface area contributed by atoms with E-state index in [0.717, 1.165) is 11.3 Å². The number of aliphatic carboxylic acids is 1. The number of pyridine rings is 1. The highest BCUT2D eigenvalue weighted by molar-refractivity contribution is 5.73. The SMILES string of the molecule is Cc1ncccc1C[C@H](N)C(=O)O. The van der Waals surface area contributed by atoms with Crippen LogP contribution < -0.4 is 5.73 Å². The fourth-order valence-electron chi connectivity index (χ4n) is 1.06. The number of rotatable bonds is 3. The van der Waals surface area contributed by atoms with Crippen LogP contribution in [0.1, 0.15) is 11.3 Å². The summed E-state index contributed by atoms with van der Waals surface area (Å²) < 4.78 is 0. The Morgan fingerprint density at radius 2 is 2.46 bits per heavy atom. The summed E-state index contributed by atoms with van der Waals surface area (Å²) in [5.41, 5.74) is 7.11. The first-order chi connectivity index (χ1) is 6.11. The van der Waals surface area contributed by atoms with Gasteiger partial charge in [0.2, 0.25) is 0 Å². The summed E-state index contributed by atoms with van der Waals surface area (Å²) in [6.07, 6.45) is 2.00. The van der Waals surface area contributed by atoms with Gasteiger partial charge in [0.05, 0.1) is 0 Å². The molecule has 0 aliphatic heterocycles. The lowest BCUT2D eigenvalue weighted by Gasteiger charge is -2.07. The van der Waals surface area contributed by atoms with Gasteiger partial charge in [0, 0.05) is 18.3 Å². The van der Waals surface area contributed by atoms with Crippen molar-refractivity contribution in [1.82, 2.24) is 4.98 Å². The zero-order chi connectivity index (χ0) is 9.84. The third kappa shape index (κ3) is 2.52. The van der Waals surface area contributed by atoms with Crippen LogP contribution in [0.3, 0.4) is 0 Å². The maximum Gasteiger partial charge on any atom is 0.320 e. The molecule has 1 aromatic heterocycles. The molecule has 1 rings (SSSR count). The molecule has 1 aromatic rings. The quantitative estimate of drug-likeness (QED) is 0.703. The van der Waals surface area contributed by atoms with Gasteiger partial charge in [-0.05, 0) is 18.6 Å². The third-order valence-electron chi connectivity index (χ3n) is 1.87. The number of nitrogens with zero attached hydrogens (tertiary/aromatic N) is 1. The second-order valence-electron chi connectivity index (χ2n) is 2.90. The van der Waals surface area contributed by atoms with E-state index in [1.54, 1.807) is 12.3 Å². The third-order valence-corrected chi connectivity index (χ3v) is 1.87. The fourth-order valence-corrected chi connectivity index (χ4v) is 1.06. The van der Waals surface area contributed by atoms with Gasteiger partial charge in [0.15, 0.2) is 0 Å². The minimum atomic E-state index is -0.983. The summed E-state index contributed by atoms with van der Waals surface area (Å²) in [6, 6.07) is 2.77. The van der Waals surface area contributed by atoms with E-state index in [1.807, 2.05) is 13.0 Å². The van der Waals surface area contributed by atoms with Crippen molar-refractivity contribution in [2.45, 2.75) is 19.4 Å². The van der Waals surface area contributed by atoms with Gasteiger partial charge in [-0.2, -0.15) is 0 Å². The molecule has 0 amide bonds. The molecule has 0 unspecified atom stereocenters.